The molecule has 21 heavy (non-hydrogen) atoms. The summed E-state index contributed by atoms with van der Waals surface area (Å²) in [7, 11) is 1.65. The van der Waals surface area contributed by atoms with Gasteiger partial charge in [-0.25, -0.2) is 0 Å². The first-order valence-corrected chi connectivity index (χ1v) is 7.77. The molecule has 1 aliphatic rings. The zero-order valence-corrected chi connectivity index (χ0v) is 13.2. The minimum atomic E-state index is -0.259. The van der Waals surface area contributed by atoms with Crippen LogP contribution in [0.1, 0.15) is 44.7 Å². The second kappa shape index (κ2) is 6.94. The van der Waals surface area contributed by atoms with Crippen LogP contribution in [0.2, 0.25) is 0 Å². The van der Waals surface area contributed by atoms with Crippen LogP contribution in [0.25, 0.3) is 0 Å². The van der Waals surface area contributed by atoms with Crippen molar-refractivity contribution >= 4 is 5.91 Å². The molecule has 4 heteroatoms. The lowest BCUT2D eigenvalue weighted by Gasteiger charge is -2.36. The Morgan fingerprint density at radius 1 is 1.52 bits per heavy atom. The van der Waals surface area contributed by atoms with E-state index >= 15 is 0 Å². The summed E-state index contributed by atoms with van der Waals surface area (Å²) in [5.41, 5.74) is 0.809. The minimum Gasteiger partial charge on any atom is -0.497 e. The number of nitrogens with one attached hydrogen (secondary N) is 2. The number of methoxy groups -OCH3 is 1. The van der Waals surface area contributed by atoms with Crippen molar-refractivity contribution in [2.45, 2.75) is 39.2 Å². The Morgan fingerprint density at radius 2 is 2.33 bits per heavy atom. The van der Waals surface area contributed by atoms with Gasteiger partial charge in [-0.2, -0.15) is 0 Å². The molecule has 116 valence electrons. The van der Waals surface area contributed by atoms with Crippen LogP contribution in [0, 0.1) is 5.41 Å². The summed E-state index contributed by atoms with van der Waals surface area (Å²) in [6.45, 7) is 5.91. The van der Waals surface area contributed by atoms with Crippen LogP contribution >= 0.6 is 0 Å². The zero-order valence-electron chi connectivity index (χ0n) is 13.2. The standard InChI is InChI=1S/C17H26N2O2/c1-4-17(9-6-10-18-12-17)16(20)19-13(2)14-7-5-8-15(11-14)21-3/h5,7-8,11,13,18H,4,6,9-10,12H2,1-3H3,(H,19,20)/t13-,17?/m1/s1. The third-order valence-electron chi connectivity index (χ3n) is 4.57. The number of amides is 1. The molecule has 0 aliphatic carbocycles. The molecular weight excluding hydrogens is 264 g/mol. The Bertz CT molecular complexity index is 481. The predicted octanol–water partition coefficient (Wildman–Crippen LogP) is 2.65. The maximum atomic E-state index is 12.7. The number of rotatable bonds is 5. The average Bonchev–Trinajstić information content (AvgIpc) is 2.55. The van der Waals surface area contributed by atoms with Crippen LogP contribution in [0.5, 0.6) is 5.75 Å². The van der Waals surface area contributed by atoms with Gasteiger partial charge in [0.1, 0.15) is 5.75 Å². The summed E-state index contributed by atoms with van der Waals surface area (Å²) < 4.78 is 5.24. The molecule has 0 saturated carbocycles. The molecule has 1 aromatic rings. The highest BCUT2D eigenvalue weighted by atomic mass is 16.5. The summed E-state index contributed by atoms with van der Waals surface area (Å²) in [6, 6.07) is 7.84. The number of piperidine rings is 1. The maximum absolute atomic E-state index is 12.7. The third-order valence-corrected chi connectivity index (χ3v) is 4.57. The van der Waals surface area contributed by atoms with E-state index < -0.39 is 0 Å². The fraction of sp³-hybridized carbons (Fsp3) is 0.588. The molecule has 2 rings (SSSR count). The maximum Gasteiger partial charge on any atom is 0.227 e. The minimum absolute atomic E-state index is 0.0158. The predicted molar refractivity (Wildman–Crippen MR) is 84.4 cm³/mol. The molecule has 1 aromatic carbocycles. The first-order chi connectivity index (χ1) is 10.1. The van der Waals surface area contributed by atoms with Gasteiger partial charge in [0.15, 0.2) is 0 Å². The van der Waals surface area contributed by atoms with Gasteiger partial charge < -0.3 is 15.4 Å². The first-order valence-electron chi connectivity index (χ1n) is 7.77. The number of carbonyl (C=O) groups is 1. The van der Waals surface area contributed by atoms with Gasteiger partial charge in [-0.3, -0.25) is 4.79 Å². The normalized spacial score (nSPS) is 23.4. The molecule has 4 nitrogen and oxygen atoms in total. The topological polar surface area (TPSA) is 50.4 Å². The summed E-state index contributed by atoms with van der Waals surface area (Å²) in [4.78, 5) is 12.7. The number of hydrogen-bond acceptors (Lipinski definition) is 3. The van der Waals surface area contributed by atoms with Crippen LogP contribution < -0.4 is 15.4 Å². The van der Waals surface area contributed by atoms with Crippen LogP contribution in [0.4, 0.5) is 0 Å². The van der Waals surface area contributed by atoms with E-state index in [0.29, 0.717) is 0 Å². The van der Waals surface area contributed by atoms with E-state index in [-0.39, 0.29) is 17.4 Å². The lowest BCUT2D eigenvalue weighted by molar-refractivity contribution is -0.133. The highest BCUT2D eigenvalue weighted by Crippen LogP contribution is 2.31. The Morgan fingerprint density at radius 3 is 2.95 bits per heavy atom. The summed E-state index contributed by atoms with van der Waals surface area (Å²) in [5.74, 6) is 0.977. The molecule has 1 unspecified atom stereocenters. The largest absolute Gasteiger partial charge is 0.497 e. The lowest BCUT2D eigenvalue weighted by atomic mass is 9.77. The van der Waals surface area contributed by atoms with E-state index in [0.717, 1.165) is 43.7 Å². The van der Waals surface area contributed by atoms with E-state index in [4.69, 9.17) is 4.74 Å². The van der Waals surface area contributed by atoms with Crippen LogP contribution in [-0.2, 0) is 4.79 Å². The van der Waals surface area contributed by atoms with Crippen molar-refractivity contribution in [3.8, 4) is 5.75 Å². The van der Waals surface area contributed by atoms with E-state index in [9.17, 15) is 4.79 Å². The molecule has 0 radical (unpaired) electrons. The average molecular weight is 290 g/mol. The van der Waals surface area contributed by atoms with Crippen LogP contribution in [0.15, 0.2) is 24.3 Å². The van der Waals surface area contributed by atoms with Crippen molar-refractivity contribution in [2.24, 2.45) is 5.41 Å². The Hall–Kier alpha value is -1.55. The number of carbonyl (C=O) groups excluding carboxylic acids is 1. The molecule has 1 amide bonds. The molecule has 0 aromatic heterocycles. The highest BCUT2D eigenvalue weighted by Gasteiger charge is 2.38. The second-order valence-electron chi connectivity index (χ2n) is 5.89. The number of benzene rings is 1. The van der Waals surface area contributed by atoms with Crippen LogP contribution in [-0.4, -0.2) is 26.1 Å². The Kier molecular flexibility index (Phi) is 5.23. The molecule has 1 fully saturated rings. The van der Waals surface area contributed by atoms with E-state index in [1.54, 1.807) is 7.11 Å². The van der Waals surface area contributed by atoms with Crippen molar-refractivity contribution < 1.29 is 9.53 Å². The van der Waals surface area contributed by atoms with Gasteiger partial charge in [-0.15, -0.1) is 0 Å². The molecule has 0 bridgehead atoms. The molecule has 0 spiro atoms. The zero-order chi connectivity index (χ0) is 15.3. The quantitative estimate of drug-likeness (QED) is 0.876. The number of ether oxygens (including phenoxy) is 1. The van der Waals surface area contributed by atoms with E-state index in [1.807, 2.05) is 31.2 Å². The molecule has 2 atom stereocenters. The molecule has 1 saturated heterocycles. The summed E-state index contributed by atoms with van der Waals surface area (Å²) >= 11 is 0. The Balaban J connectivity index is 2.06. The number of hydrogen-bond donors (Lipinski definition) is 2. The molecule has 2 N–H and O–H groups in total. The van der Waals surface area contributed by atoms with Crippen LogP contribution in [0.3, 0.4) is 0 Å². The lowest BCUT2D eigenvalue weighted by Crippen LogP contribution is -2.50. The van der Waals surface area contributed by atoms with Crippen molar-refractivity contribution in [1.82, 2.24) is 10.6 Å². The highest BCUT2D eigenvalue weighted by molar-refractivity contribution is 5.83. The Labute approximate surface area is 127 Å². The van der Waals surface area contributed by atoms with Gasteiger partial charge in [-0.1, -0.05) is 19.1 Å². The summed E-state index contributed by atoms with van der Waals surface area (Å²) in [5, 5.41) is 6.53. The van der Waals surface area contributed by atoms with E-state index in [1.165, 1.54) is 0 Å². The van der Waals surface area contributed by atoms with Gasteiger partial charge in [0.05, 0.1) is 18.6 Å². The van der Waals surface area contributed by atoms with Crippen molar-refractivity contribution in [3.05, 3.63) is 29.8 Å². The third kappa shape index (κ3) is 3.56. The van der Waals surface area contributed by atoms with Gasteiger partial charge in [0, 0.05) is 6.54 Å². The summed E-state index contributed by atoms with van der Waals surface area (Å²) in [6.07, 6.45) is 2.90. The monoisotopic (exact) mass is 290 g/mol. The van der Waals surface area contributed by atoms with Crippen molar-refractivity contribution in [1.29, 1.82) is 0 Å². The smallest absolute Gasteiger partial charge is 0.227 e. The van der Waals surface area contributed by atoms with E-state index in [2.05, 4.69) is 17.6 Å². The molecule has 1 aliphatic heterocycles. The SMILES string of the molecule is CCC1(C(=O)N[C@H](C)c2cccc(OC)c2)CCCNC1. The van der Waals surface area contributed by atoms with Gasteiger partial charge in [-0.05, 0) is 50.4 Å². The second-order valence-corrected chi connectivity index (χ2v) is 5.89. The molecular formula is C17H26N2O2. The van der Waals surface area contributed by atoms with Gasteiger partial charge in [0.25, 0.3) is 0 Å². The molecule has 1 heterocycles. The fourth-order valence-corrected chi connectivity index (χ4v) is 2.97. The fourth-order valence-electron chi connectivity index (χ4n) is 2.97. The first kappa shape index (κ1) is 15.8. The van der Waals surface area contributed by atoms with Gasteiger partial charge >= 0.3 is 0 Å². The van der Waals surface area contributed by atoms with Crippen molar-refractivity contribution in [2.75, 3.05) is 20.2 Å². The van der Waals surface area contributed by atoms with Crippen molar-refractivity contribution in [3.63, 3.8) is 0 Å². The van der Waals surface area contributed by atoms with Gasteiger partial charge in [0.2, 0.25) is 5.91 Å².